The molecule has 0 atom stereocenters. The average Bonchev–Trinajstić information content (AvgIpc) is 2.70. The van der Waals surface area contributed by atoms with Gasteiger partial charge in [0.25, 0.3) is 0 Å². The molecule has 0 aromatic rings. The van der Waals surface area contributed by atoms with Crippen molar-refractivity contribution >= 4 is 39.2 Å². The Hall–Kier alpha value is 1.05. The molecular weight excluding hydrogens is 451 g/mol. The second-order valence-corrected chi connectivity index (χ2v) is 18.5. The van der Waals surface area contributed by atoms with E-state index in [1.807, 2.05) is 0 Å². The van der Waals surface area contributed by atoms with Crippen molar-refractivity contribution in [1.82, 2.24) is 0 Å². The van der Waals surface area contributed by atoms with E-state index in [0.717, 1.165) is 18.9 Å². The number of aliphatic hydroxyl groups excluding tert-OH is 1. The molecule has 0 saturated heterocycles. The molecule has 182 valence electrons. The van der Waals surface area contributed by atoms with Gasteiger partial charge in [-0.2, -0.15) is 0 Å². The van der Waals surface area contributed by atoms with Gasteiger partial charge < -0.3 is 5.11 Å². The van der Waals surface area contributed by atoms with Crippen LogP contribution in [0.2, 0.25) is 6.04 Å². The van der Waals surface area contributed by atoms with Gasteiger partial charge in [0.05, 0.1) is 0 Å². The second-order valence-electron chi connectivity index (χ2n) is 9.22. The first-order valence-electron chi connectivity index (χ1n) is 13.2. The molecule has 0 aliphatic heterocycles. The third-order valence-electron chi connectivity index (χ3n) is 6.12. The molecule has 0 heterocycles. The van der Waals surface area contributed by atoms with E-state index in [1.165, 1.54) is 135 Å². The van der Waals surface area contributed by atoms with Crippen LogP contribution in [0.1, 0.15) is 148 Å². The van der Waals surface area contributed by atoms with Gasteiger partial charge in [0, 0.05) is 6.61 Å². The molecule has 0 aliphatic carbocycles. The molecule has 5 heteroatoms. The zero-order valence-electron chi connectivity index (χ0n) is 19.8. The first kappa shape index (κ1) is 31.0. The zero-order valence-corrected chi connectivity index (χ0v) is 23.0. The van der Waals surface area contributed by atoms with Gasteiger partial charge in [0.1, 0.15) is 0 Å². The van der Waals surface area contributed by atoms with Crippen LogP contribution in [-0.4, -0.2) is 17.7 Å². The predicted octanol–water partition coefficient (Wildman–Crippen LogP) is 10.6. The summed E-state index contributed by atoms with van der Waals surface area (Å²) in [5.74, 6) is 0. The first-order valence-corrected chi connectivity index (χ1v) is 18.5. The fraction of sp³-hybridized carbons (Fsp3) is 1.00. The number of halogens is 3. The minimum absolute atomic E-state index is 0.365. The van der Waals surface area contributed by atoms with Crippen LogP contribution in [0.4, 0.5) is 0 Å². The molecule has 0 amide bonds. The maximum atomic E-state index is 8.75. The molecule has 30 heavy (non-hydrogen) atoms. The third kappa shape index (κ3) is 29.0. The zero-order chi connectivity index (χ0) is 22.2. The highest BCUT2D eigenvalue weighted by Crippen LogP contribution is 2.27. The van der Waals surface area contributed by atoms with Crippen LogP contribution >= 0.6 is 33.2 Å². The van der Waals surface area contributed by atoms with Crippen LogP contribution in [0.5, 0.6) is 0 Å². The largest absolute Gasteiger partial charge is 0.396 e. The van der Waals surface area contributed by atoms with Crippen molar-refractivity contribution in [2.75, 3.05) is 6.61 Å². The lowest BCUT2D eigenvalue weighted by molar-refractivity contribution is 0.282. The minimum atomic E-state index is -2.36. The maximum Gasteiger partial charge on any atom is 0.341 e. The first-order chi connectivity index (χ1) is 14.6. The Kier molecular flexibility index (Phi) is 25.5. The fourth-order valence-corrected chi connectivity index (χ4v) is 6.00. The summed E-state index contributed by atoms with van der Waals surface area (Å²) >= 11 is 17.7. The Morgan fingerprint density at radius 1 is 0.333 bits per heavy atom. The highest BCUT2D eigenvalue weighted by Gasteiger charge is 2.23. The summed E-state index contributed by atoms with van der Waals surface area (Å²) in [6.45, 7) is 0.365. The summed E-state index contributed by atoms with van der Waals surface area (Å²) in [7, 11) is 0. The van der Waals surface area contributed by atoms with Gasteiger partial charge in [-0.1, -0.05) is 141 Å². The summed E-state index contributed by atoms with van der Waals surface area (Å²) in [4.78, 5) is 0. The predicted molar refractivity (Wildman–Crippen MR) is 141 cm³/mol. The molecule has 0 aliphatic rings. The van der Waals surface area contributed by atoms with Gasteiger partial charge in [-0.25, -0.2) is 0 Å². The quantitative estimate of drug-likeness (QED) is 0.0748. The Morgan fingerprint density at radius 3 is 0.733 bits per heavy atom. The third-order valence-corrected chi connectivity index (χ3v) is 8.74. The lowest BCUT2D eigenvalue weighted by Crippen LogP contribution is -2.07. The van der Waals surface area contributed by atoms with Gasteiger partial charge in [0.15, 0.2) is 0 Å². The summed E-state index contributed by atoms with van der Waals surface area (Å²) < 4.78 is 0. The van der Waals surface area contributed by atoms with E-state index in [1.54, 1.807) is 0 Å². The van der Waals surface area contributed by atoms with E-state index in [-0.39, 0.29) is 0 Å². The van der Waals surface area contributed by atoms with Gasteiger partial charge in [0.2, 0.25) is 0 Å². The highest BCUT2D eigenvalue weighted by molar-refractivity contribution is 7.64. The molecule has 0 bridgehead atoms. The van der Waals surface area contributed by atoms with Gasteiger partial charge >= 0.3 is 6.00 Å². The van der Waals surface area contributed by atoms with Crippen molar-refractivity contribution in [2.45, 2.75) is 154 Å². The van der Waals surface area contributed by atoms with E-state index < -0.39 is 6.00 Å². The van der Waals surface area contributed by atoms with E-state index in [4.69, 9.17) is 38.3 Å². The number of hydrogen-bond donors (Lipinski definition) is 1. The highest BCUT2D eigenvalue weighted by atomic mass is 35.8. The van der Waals surface area contributed by atoms with Crippen molar-refractivity contribution < 1.29 is 5.11 Å². The molecule has 0 aromatic heterocycles. The van der Waals surface area contributed by atoms with Crippen LogP contribution in [0, 0.1) is 0 Å². The summed E-state index contributed by atoms with van der Waals surface area (Å²) in [5.41, 5.74) is 0. The smallest absolute Gasteiger partial charge is 0.341 e. The number of rotatable bonds is 25. The summed E-state index contributed by atoms with van der Waals surface area (Å²) in [6, 6.07) is -1.54. The van der Waals surface area contributed by atoms with E-state index in [0.29, 0.717) is 6.61 Å². The number of aliphatic hydroxyl groups is 1. The maximum absolute atomic E-state index is 8.75. The van der Waals surface area contributed by atoms with Crippen LogP contribution < -0.4 is 0 Å². The molecular formula is C25H51Cl3OSi. The van der Waals surface area contributed by atoms with Gasteiger partial charge in [-0.05, 0) is 12.5 Å². The Morgan fingerprint density at radius 2 is 0.533 bits per heavy atom. The minimum Gasteiger partial charge on any atom is -0.396 e. The lowest BCUT2D eigenvalue weighted by Gasteiger charge is -2.07. The Balaban J connectivity index is 3.02. The van der Waals surface area contributed by atoms with Gasteiger partial charge in [-0.15, -0.1) is 33.2 Å². The lowest BCUT2D eigenvalue weighted by atomic mass is 10.0. The van der Waals surface area contributed by atoms with Crippen LogP contribution in [-0.2, 0) is 0 Å². The van der Waals surface area contributed by atoms with Crippen molar-refractivity contribution in [3.05, 3.63) is 0 Å². The SMILES string of the molecule is OCCCCCCCCCCCCCCCCCCCCCCCCC[Si](Cl)(Cl)Cl. The molecule has 0 unspecified atom stereocenters. The van der Waals surface area contributed by atoms with E-state index in [9.17, 15) is 0 Å². The molecule has 0 fully saturated rings. The van der Waals surface area contributed by atoms with Crippen LogP contribution in [0.3, 0.4) is 0 Å². The number of hydrogen-bond acceptors (Lipinski definition) is 1. The molecule has 1 N–H and O–H groups in total. The molecule has 0 rings (SSSR count). The molecule has 0 aromatic carbocycles. The molecule has 1 nitrogen and oxygen atoms in total. The van der Waals surface area contributed by atoms with Crippen LogP contribution in [0.15, 0.2) is 0 Å². The topological polar surface area (TPSA) is 20.2 Å². The summed E-state index contributed by atoms with van der Waals surface area (Å²) in [6.07, 6.45) is 31.3. The summed E-state index contributed by atoms with van der Waals surface area (Å²) in [5, 5.41) is 8.75. The Labute approximate surface area is 204 Å². The van der Waals surface area contributed by atoms with E-state index in [2.05, 4.69) is 0 Å². The van der Waals surface area contributed by atoms with Crippen molar-refractivity contribution in [1.29, 1.82) is 0 Å². The second kappa shape index (κ2) is 24.7. The molecule has 0 saturated carbocycles. The molecule has 0 radical (unpaired) electrons. The van der Waals surface area contributed by atoms with Crippen molar-refractivity contribution in [3.63, 3.8) is 0 Å². The molecule has 0 spiro atoms. The van der Waals surface area contributed by atoms with Crippen LogP contribution in [0.25, 0.3) is 0 Å². The van der Waals surface area contributed by atoms with Crippen molar-refractivity contribution in [3.8, 4) is 0 Å². The average molecular weight is 502 g/mol. The normalized spacial score (nSPS) is 12.0. The van der Waals surface area contributed by atoms with Gasteiger partial charge in [-0.3, -0.25) is 0 Å². The Bertz CT molecular complexity index is 324. The van der Waals surface area contributed by atoms with Crippen molar-refractivity contribution in [2.24, 2.45) is 0 Å². The fourth-order valence-electron chi connectivity index (χ4n) is 4.15. The monoisotopic (exact) mass is 500 g/mol. The number of unbranched alkanes of at least 4 members (excludes halogenated alkanes) is 22. The van der Waals surface area contributed by atoms with E-state index >= 15 is 0 Å². The standard InChI is InChI=1S/C25H51Cl3OSi/c26-30(27,28)25-23-21-19-17-15-13-11-9-7-5-3-1-2-4-6-8-10-12-14-16-18-20-22-24-29/h29H,1-25H2.